The van der Waals surface area contributed by atoms with Gasteiger partial charge in [-0.2, -0.15) is 4.98 Å². The zero-order valence-corrected chi connectivity index (χ0v) is 17.5. The summed E-state index contributed by atoms with van der Waals surface area (Å²) >= 11 is 1.39. The molecule has 7 heteroatoms. The van der Waals surface area contributed by atoms with Crippen molar-refractivity contribution in [1.29, 1.82) is 0 Å². The summed E-state index contributed by atoms with van der Waals surface area (Å²) in [6.07, 6.45) is 6.80. The number of nitrogens with one attached hydrogen (secondary N) is 1. The summed E-state index contributed by atoms with van der Waals surface area (Å²) in [5.41, 5.74) is 1.05. The van der Waals surface area contributed by atoms with Crippen molar-refractivity contribution in [3.8, 4) is 10.6 Å². The van der Waals surface area contributed by atoms with E-state index in [0.29, 0.717) is 28.8 Å². The third-order valence-electron chi connectivity index (χ3n) is 3.92. The van der Waals surface area contributed by atoms with Crippen molar-refractivity contribution in [2.24, 2.45) is 5.18 Å². The smallest absolute Gasteiger partial charge is 0.351 e. The molecule has 0 saturated heterocycles. The topological polar surface area (TPSA) is 73.8 Å². The van der Waals surface area contributed by atoms with Crippen molar-refractivity contribution in [3.63, 3.8) is 0 Å². The van der Waals surface area contributed by atoms with Gasteiger partial charge in [-0.3, -0.25) is 0 Å². The fourth-order valence-corrected chi connectivity index (χ4v) is 3.51. The van der Waals surface area contributed by atoms with Gasteiger partial charge in [0.05, 0.1) is 17.6 Å². The minimum atomic E-state index is -0.537. The van der Waals surface area contributed by atoms with Crippen LogP contribution < -0.4 is 10.6 Å². The Morgan fingerprint density at radius 1 is 1.31 bits per heavy atom. The predicted molar refractivity (Wildman–Crippen MR) is 116 cm³/mol. The summed E-state index contributed by atoms with van der Waals surface area (Å²) < 4.78 is 18.6. The second kappa shape index (κ2) is 11.2. The number of aromatic amines is 1. The van der Waals surface area contributed by atoms with E-state index in [0.717, 1.165) is 5.69 Å². The maximum atomic E-state index is 13.3. The zero-order valence-electron chi connectivity index (χ0n) is 16.7. The number of hydrogen-bond donors (Lipinski definition) is 0. The number of hydrogen-bond acceptors (Lipinski definition) is 5. The van der Waals surface area contributed by atoms with Gasteiger partial charge in [0.2, 0.25) is 0 Å². The van der Waals surface area contributed by atoms with E-state index in [2.05, 4.69) is 10.2 Å². The molecule has 0 aliphatic rings. The van der Waals surface area contributed by atoms with E-state index in [4.69, 9.17) is 4.42 Å². The Morgan fingerprint density at radius 2 is 2.10 bits per heavy atom. The number of benzene rings is 1. The Balaban J connectivity index is 0.00000145. The van der Waals surface area contributed by atoms with Crippen molar-refractivity contribution in [3.05, 3.63) is 74.7 Å². The van der Waals surface area contributed by atoms with E-state index < -0.39 is 5.63 Å². The first-order chi connectivity index (χ1) is 14.1. The first-order valence-electron chi connectivity index (χ1n) is 9.52. The maximum Gasteiger partial charge on any atom is 0.351 e. The van der Waals surface area contributed by atoms with E-state index in [-0.39, 0.29) is 23.5 Å². The molecule has 5 nitrogen and oxygen atoms in total. The van der Waals surface area contributed by atoms with Gasteiger partial charge in [-0.05, 0) is 23.7 Å². The molecule has 152 valence electrons. The van der Waals surface area contributed by atoms with Gasteiger partial charge in [-0.1, -0.05) is 62.5 Å². The van der Waals surface area contributed by atoms with Crippen LogP contribution in [0.25, 0.3) is 21.5 Å². The minimum absolute atomic E-state index is 0.0986. The Morgan fingerprint density at radius 3 is 2.83 bits per heavy atom. The number of rotatable bonds is 7. The Bertz CT molecular complexity index is 1080. The number of nitrogens with zero attached hydrogens (tertiary/aromatic N) is 1. The second-order valence-corrected chi connectivity index (χ2v) is 6.77. The van der Waals surface area contributed by atoms with Gasteiger partial charge in [0, 0.05) is 11.8 Å². The van der Waals surface area contributed by atoms with E-state index in [1.54, 1.807) is 30.4 Å². The lowest BCUT2D eigenvalue weighted by molar-refractivity contribution is -0.369. The SMILES string of the molecule is CC.CC/C=C(/F)C/C=C\Cc1csc(-c2cc3cccc(N=O)c3oc2=O)[nH+]1. The summed E-state index contributed by atoms with van der Waals surface area (Å²) in [5, 5.41) is 6.08. The summed E-state index contributed by atoms with van der Waals surface area (Å²) in [4.78, 5) is 26.4. The molecule has 0 aliphatic carbocycles. The van der Waals surface area contributed by atoms with Crippen molar-refractivity contribution in [2.45, 2.75) is 40.0 Å². The van der Waals surface area contributed by atoms with Crippen LogP contribution in [0.3, 0.4) is 0 Å². The molecule has 29 heavy (non-hydrogen) atoms. The number of para-hydroxylation sites is 1. The molecule has 3 aromatic rings. The fraction of sp³-hybridized carbons (Fsp3) is 0.273. The van der Waals surface area contributed by atoms with Crippen molar-refractivity contribution in [2.75, 3.05) is 0 Å². The molecule has 0 amide bonds. The van der Waals surface area contributed by atoms with Crippen LogP contribution in [-0.2, 0) is 6.42 Å². The third-order valence-corrected chi connectivity index (χ3v) is 4.88. The van der Waals surface area contributed by atoms with Gasteiger partial charge in [-0.25, -0.2) is 9.18 Å². The zero-order chi connectivity index (χ0) is 21.2. The summed E-state index contributed by atoms with van der Waals surface area (Å²) in [6, 6.07) is 6.62. The van der Waals surface area contributed by atoms with Crippen LogP contribution in [0.15, 0.2) is 68.1 Å². The van der Waals surface area contributed by atoms with Gasteiger partial charge in [-0.15, -0.1) is 4.91 Å². The number of H-pyrrole nitrogens is 1. The van der Waals surface area contributed by atoms with Gasteiger partial charge in [0.1, 0.15) is 5.56 Å². The number of allylic oxidation sites excluding steroid dienone is 4. The highest BCUT2D eigenvalue weighted by molar-refractivity contribution is 7.12. The predicted octanol–water partition coefficient (Wildman–Crippen LogP) is 6.51. The molecule has 0 saturated carbocycles. The lowest BCUT2D eigenvalue weighted by Crippen LogP contribution is -2.12. The molecule has 1 aromatic carbocycles. The highest BCUT2D eigenvalue weighted by Gasteiger charge is 2.18. The number of thiazole rings is 1. The monoisotopic (exact) mass is 415 g/mol. The van der Waals surface area contributed by atoms with Gasteiger partial charge >= 0.3 is 5.63 Å². The van der Waals surface area contributed by atoms with Crippen LogP contribution in [0.4, 0.5) is 10.1 Å². The molecule has 0 fully saturated rings. The number of fused-ring (bicyclic) bond motifs is 1. The van der Waals surface area contributed by atoms with Crippen LogP contribution in [0.5, 0.6) is 0 Å². The highest BCUT2D eigenvalue weighted by atomic mass is 32.1. The standard InChI is InChI=1S/C20H17FN2O3S.C2H6/c1-2-6-14(21)8-3-4-9-15-12-27-19(22-15)16-11-13-7-5-10-17(23-25)18(13)26-20(16)24;1-2/h3-7,10-12H,2,8-9H2,1H3;1-2H3/p+1/b4-3-,14-6+;. The Kier molecular flexibility index (Phi) is 8.61. The van der Waals surface area contributed by atoms with E-state index in [1.165, 1.54) is 17.4 Å². The molecule has 1 N–H and O–H groups in total. The molecule has 0 radical (unpaired) electrons. The second-order valence-electron chi connectivity index (χ2n) is 5.89. The molecule has 2 heterocycles. The van der Waals surface area contributed by atoms with Crippen molar-refractivity contribution in [1.82, 2.24) is 0 Å². The molecular weight excluding hydrogens is 391 g/mol. The van der Waals surface area contributed by atoms with Crippen LogP contribution in [0.2, 0.25) is 0 Å². The molecule has 0 atom stereocenters. The average Bonchev–Trinajstić information content (AvgIpc) is 3.20. The lowest BCUT2D eigenvalue weighted by Gasteiger charge is -1.98. The fourth-order valence-electron chi connectivity index (χ4n) is 2.64. The quantitative estimate of drug-likeness (QED) is 0.251. The molecule has 3 rings (SSSR count). The average molecular weight is 416 g/mol. The first kappa shape index (κ1) is 22.4. The normalized spacial score (nSPS) is 11.5. The summed E-state index contributed by atoms with van der Waals surface area (Å²) in [7, 11) is 0. The molecule has 0 spiro atoms. The van der Waals surface area contributed by atoms with Gasteiger partial charge < -0.3 is 4.42 Å². The molecule has 0 aliphatic heterocycles. The van der Waals surface area contributed by atoms with E-state index in [1.807, 2.05) is 32.2 Å². The van der Waals surface area contributed by atoms with Crippen LogP contribution >= 0.6 is 11.3 Å². The number of halogens is 1. The Hall–Kier alpha value is -2.93. The molecule has 0 bridgehead atoms. The van der Waals surface area contributed by atoms with E-state index in [9.17, 15) is 14.1 Å². The minimum Gasteiger partial charge on any atom is -0.420 e. The van der Waals surface area contributed by atoms with Crippen LogP contribution in [-0.4, -0.2) is 0 Å². The number of nitroso groups, excluding NO2 is 1. The van der Waals surface area contributed by atoms with Crippen molar-refractivity contribution < 1.29 is 13.8 Å². The highest BCUT2D eigenvalue weighted by Crippen LogP contribution is 2.28. The van der Waals surface area contributed by atoms with Crippen molar-refractivity contribution >= 4 is 28.0 Å². The third kappa shape index (κ3) is 5.77. The molecule has 0 unspecified atom stereocenters. The summed E-state index contributed by atoms with van der Waals surface area (Å²) in [5.74, 6) is -0.137. The number of aromatic nitrogens is 1. The molecule has 2 aromatic heterocycles. The maximum absolute atomic E-state index is 13.3. The van der Waals surface area contributed by atoms with Crippen LogP contribution in [0.1, 0.15) is 39.3 Å². The largest absolute Gasteiger partial charge is 0.420 e. The summed E-state index contributed by atoms with van der Waals surface area (Å²) in [6.45, 7) is 5.89. The lowest BCUT2D eigenvalue weighted by atomic mass is 10.1. The van der Waals surface area contributed by atoms with Gasteiger partial charge in [0.25, 0.3) is 5.01 Å². The van der Waals surface area contributed by atoms with Crippen LogP contribution in [0, 0.1) is 4.91 Å². The van der Waals surface area contributed by atoms with E-state index >= 15 is 0 Å². The Labute approximate surface area is 172 Å². The molecular formula is C22H24FN2O3S+. The first-order valence-corrected chi connectivity index (χ1v) is 10.4. The van der Waals surface area contributed by atoms with Gasteiger partial charge in [0.15, 0.2) is 17.0 Å².